The number of amides is 1. The molecule has 2 N–H and O–H groups in total. The molecule has 1 atom stereocenters. The number of carbonyl (C=O) groups is 1. The van der Waals surface area contributed by atoms with Crippen LogP contribution in [0.2, 0.25) is 10.0 Å². The number of benzene rings is 1. The molecule has 23 heavy (non-hydrogen) atoms. The van der Waals surface area contributed by atoms with Crippen LogP contribution in [0.1, 0.15) is 29.8 Å². The molecule has 0 aliphatic carbocycles. The second kappa shape index (κ2) is 6.47. The van der Waals surface area contributed by atoms with Gasteiger partial charge in [-0.25, -0.2) is 9.67 Å². The highest BCUT2D eigenvalue weighted by molar-refractivity contribution is 6.37. The van der Waals surface area contributed by atoms with E-state index in [9.17, 15) is 4.79 Å². The van der Waals surface area contributed by atoms with Crippen LogP contribution in [0.4, 0.5) is 0 Å². The van der Waals surface area contributed by atoms with Crippen molar-refractivity contribution >= 4 is 29.1 Å². The molecule has 2 aromatic rings. The van der Waals surface area contributed by atoms with Gasteiger partial charge >= 0.3 is 0 Å². The Kier molecular flexibility index (Phi) is 4.57. The molecule has 1 amide bonds. The summed E-state index contributed by atoms with van der Waals surface area (Å²) >= 11 is 12.5. The zero-order chi connectivity index (χ0) is 16.6. The molecule has 1 aliphatic rings. The Balaban J connectivity index is 2.00. The van der Waals surface area contributed by atoms with Gasteiger partial charge in [0.1, 0.15) is 11.5 Å². The van der Waals surface area contributed by atoms with E-state index in [2.05, 4.69) is 10.1 Å². The van der Waals surface area contributed by atoms with Crippen LogP contribution in [-0.2, 0) is 6.42 Å². The summed E-state index contributed by atoms with van der Waals surface area (Å²) in [4.78, 5) is 18.6. The number of para-hydroxylation sites is 1. The van der Waals surface area contributed by atoms with E-state index in [0.717, 1.165) is 6.42 Å². The van der Waals surface area contributed by atoms with Crippen LogP contribution < -0.4 is 5.73 Å². The lowest BCUT2D eigenvalue weighted by Gasteiger charge is -2.12. The van der Waals surface area contributed by atoms with E-state index in [1.54, 1.807) is 27.8 Å². The first kappa shape index (κ1) is 16.2. The quantitative estimate of drug-likeness (QED) is 0.918. The molecule has 1 saturated heterocycles. The Labute approximate surface area is 144 Å². The number of nitrogens with two attached hydrogens (primary N) is 1. The summed E-state index contributed by atoms with van der Waals surface area (Å²) in [6.45, 7) is 3.09. The monoisotopic (exact) mass is 353 g/mol. The van der Waals surface area contributed by atoms with Gasteiger partial charge in [0.15, 0.2) is 0 Å². The zero-order valence-corrected chi connectivity index (χ0v) is 14.2. The van der Waals surface area contributed by atoms with Gasteiger partial charge < -0.3 is 10.6 Å². The average molecular weight is 354 g/mol. The Hall–Kier alpha value is -1.63. The van der Waals surface area contributed by atoms with Crippen molar-refractivity contribution in [3.63, 3.8) is 0 Å². The van der Waals surface area contributed by atoms with Crippen molar-refractivity contribution in [3.05, 3.63) is 39.9 Å². The molecular formula is C15H17Cl2N5O. The van der Waals surface area contributed by atoms with Gasteiger partial charge in [0.2, 0.25) is 5.82 Å². The number of hydrogen-bond acceptors (Lipinski definition) is 4. The molecular weight excluding hydrogens is 337 g/mol. The maximum absolute atomic E-state index is 12.5. The minimum atomic E-state index is -0.213. The number of likely N-dealkylation sites (tertiary alicyclic amines) is 1. The van der Waals surface area contributed by atoms with Crippen LogP contribution in [0.15, 0.2) is 18.2 Å². The first-order chi connectivity index (χ1) is 11.0. The molecule has 0 radical (unpaired) electrons. The van der Waals surface area contributed by atoms with Gasteiger partial charge in [-0.15, -0.1) is 5.10 Å². The third-order valence-corrected chi connectivity index (χ3v) is 4.45. The van der Waals surface area contributed by atoms with Crippen molar-refractivity contribution < 1.29 is 4.79 Å². The number of hydrogen-bond donors (Lipinski definition) is 1. The van der Waals surface area contributed by atoms with Gasteiger partial charge in [0.05, 0.1) is 10.0 Å². The molecule has 1 aromatic heterocycles. The van der Waals surface area contributed by atoms with E-state index in [0.29, 0.717) is 41.1 Å². The maximum atomic E-state index is 12.5. The second-order valence-corrected chi connectivity index (χ2v) is 6.30. The van der Waals surface area contributed by atoms with Crippen molar-refractivity contribution in [2.45, 2.75) is 25.8 Å². The van der Waals surface area contributed by atoms with Gasteiger partial charge in [0, 0.05) is 25.6 Å². The fourth-order valence-corrected chi connectivity index (χ4v) is 3.20. The third-order valence-electron chi connectivity index (χ3n) is 3.84. The first-order valence-electron chi connectivity index (χ1n) is 7.46. The normalized spacial score (nSPS) is 17.7. The van der Waals surface area contributed by atoms with Gasteiger partial charge in [-0.05, 0) is 18.6 Å². The maximum Gasteiger partial charge on any atom is 0.293 e. The lowest BCUT2D eigenvalue weighted by atomic mass is 10.3. The molecule has 1 aliphatic heterocycles. The number of halogens is 2. The van der Waals surface area contributed by atoms with Crippen LogP contribution in [-0.4, -0.2) is 44.7 Å². The highest BCUT2D eigenvalue weighted by atomic mass is 35.5. The summed E-state index contributed by atoms with van der Waals surface area (Å²) < 4.78 is 1.55. The molecule has 3 rings (SSSR count). The summed E-state index contributed by atoms with van der Waals surface area (Å²) in [7, 11) is 0. The van der Waals surface area contributed by atoms with E-state index < -0.39 is 0 Å². The number of carbonyl (C=O) groups excluding carboxylic acids is 1. The number of nitrogens with zero attached hydrogens (tertiary/aromatic N) is 4. The minimum absolute atomic E-state index is 0.0182. The van der Waals surface area contributed by atoms with Gasteiger partial charge in [-0.1, -0.05) is 36.2 Å². The minimum Gasteiger partial charge on any atom is -0.334 e. The van der Waals surface area contributed by atoms with Crippen LogP contribution in [0.25, 0.3) is 5.69 Å². The Morgan fingerprint density at radius 2 is 2.09 bits per heavy atom. The third kappa shape index (κ3) is 3.06. The van der Waals surface area contributed by atoms with E-state index >= 15 is 0 Å². The van der Waals surface area contributed by atoms with Crippen molar-refractivity contribution in [2.75, 3.05) is 13.1 Å². The number of rotatable bonds is 3. The molecule has 6 nitrogen and oxygen atoms in total. The summed E-state index contributed by atoms with van der Waals surface area (Å²) in [5.74, 6) is 0.563. The summed E-state index contributed by atoms with van der Waals surface area (Å²) in [5, 5.41) is 5.26. The van der Waals surface area contributed by atoms with E-state index in [4.69, 9.17) is 28.9 Å². The Morgan fingerprint density at radius 1 is 1.39 bits per heavy atom. The molecule has 122 valence electrons. The molecule has 1 fully saturated rings. The van der Waals surface area contributed by atoms with Crippen molar-refractivity contribution in [3.8, 4) is 5.69 Å². The summed E-state index contributed by atoms with van der Waals surface area (Å²) in [5.41, 5.74) is 6.40. The van der Waals surface area contributed by atoms with Gasteiger partial charge in [0.25, 0.3) is 5.91 Å². The molecule has 8 heteroatoms. The lowest BCUT2D eigenvalue weighted by Crippen LogP contribution is -2.32. The van der Waals surface area contributed by atoms with Crippen LogP contribution >= 0.6 is 23.2 Å². The highest BCUT2D eigenvalue weighted by Gasteiger charge is 2.28. The molecule has 0 unspecified atom stereocenters. The molecule has 1 aromatic carbocycles. The first-order valence-corrected chi connectivity index (χ1v) is 8.22. The topological polar surface area (TPSA) is 77.0 Å². The number of aryl methyl sites for hydroxylation is 1. The number of aromatic nitrogens is 3. The van der Waals surface area contributed by atoms with Crippen molar-refractivity contribution in [1.29, 1.82) is 0 Å². The standard InChI is InChI=1S/C15H17Cl2N5O/c1-2-12-19-14(15(23)21-7-6-9(18)8-21)20-22(12)13-10(16)4-3-5-11(13)17/h3-5,9H,2,6-8,18H2,1H3/t9-/m1/s1. The Bertz CT molecular complexity index is 725. The van der Waals surface area contributed by atoms with Crippen molar-refractivity contribution in [2.24, 2.45) is 5.73 Å². The second-order valence-electron chi connectivity index (χ2n) is 5.49. The average Bonchev–Trinajstić information content (AvgIpc) is 3.13. The predicted molar refractivity (Wildman–Crippen MR) is 89.3 cm³/mol. The fourth-order valence-electron chi connectivity index (χ4n) is 2.65. The van der Waals surface area contributed by atoms with E-state index in [1.807, 2.05) is 6.92 Å². The zero-order valence-electron chi connectivity index (χ0n) is 12.7. The summed E-state index contributed by atoms with van der Waals surface area (Å²) in [6.07, 6.45) is 1.39. The van der Waals surface area contributed by atoms with Crippen LogP contribution in [0, 0.1) is 0 Å². The summed E-state index contributed by atoms with van der Waals surface area (Å²) in [6, 6.07) is 5.23. The molecule has 0 spiro atoms. The Morgan fingerprint density at radius 3 is 2.65 bits per heavy atom. The highest BCUT2D eigenvalue weighted by Crippen LogP contribution is 2.29. The van der Waals surface area contributed by atoms with E-state index in [-0.39, 0.29) is 17.8 Å². The lowest BCUT2D eigenvalue weighted by molar-refractivity contribution is 0.0779. The van der Waals surface area contributed by atoms with Crippen LogP contribution in [0.3, 0.4) is 0 Å². The smallest absolute Gasteiger partial charge is 0.293 e. The predicted octanol–water partition coefficient (Wildman–Crippen LogP) is 2.31. The van der Waals surface area contributed by atoms with Crippen LogP contribution in [0.5, 0.6) is 0 Å². The van der Waals surface area contributed by atoms with Gasteiger partial charge in [-0.2, -0.15) is 0 Å². The van der Waals surface area contributed by atoms with Crippen molar-refractivity contribution in [1.82, 2.24) is 19.7 Å². The molecule has 0 saturated carbocycles. The largest absolute Gasteiger partial charge is 0.334 e. The molecule has 0 bridgehead atoms. The fraction of sp³-hybridized carbons (Fsp3) is 0.400. The molecule has 2 heterocycles. The van der Waals surface area contributed by atoms with Gasteiger partial charge in [-0.3, -0.25) is 4.79 Å². The van der Waals surface area contributed by atoms with E-state index in [1.165, 1.54) is 0 Å². The SMILES string of the molecule is CCc1nc(C(=O)N2CC[C@@H](N)C2)nn1-c1c(Cl)cccc1Cl.